The Bertz CT molecular complexity index is 1060. The Morgan fingerprint density at radius 3 is 2.42 bits per heavy atom. The summed E-state index contributed by atoms with van der Waals surface area (Å²) in [6, 6.07) is 7.37. The number of carbonyl (C=O) groups is 3. The van der Waals surface area contributed by atoms with E-state index in [4.69, 9.17) is 9.84 Å². The van der Waals surface area contributed by atoms with E-state index < -0.39 is 22.6 Å². The van der Waals surface area contributed by atoms with Crippen LogP contribution in [0, 0.1) is 11.8 Å². The van der Waals surface area contributed by atoms with Crippen molar-refractivity contribution in [3.8, 4) is 0 Å². The zero-order valence-corrected chi connectivity index (χ0v) is 25.0. The topological polar surface area (TPSA) is 90.4 Å². The fourth-order valence-corrected chi connectivity index (χ4v) is 9.16. The summed E-state index contributed by atoms with van der Waals surface area (Å²) < 4.78 is 4.80. The highest BCUT2D eigenvalue weighted by Crippen LogP contribution is 2.66. The molecule has 3 heterocycles. The summed E-state index contributed by atoms with van der Waals surface area (Å²) in [6.45, 7) is 12.9. The fourth-order valence-electron chi connectivity index (χ4n) is 6.96. The second kappa shape index (κ2) is 13.4. The average molecular weight is 572 g/mol. The number of nitrogens with zero attached hydrogens (tertiary/aromatic N) is 3. The van der Waals surface area contributed by atoms with Gasteiger partial charge in [0.2, 0.25) is 5.91 Å². The second-order valence-corrected chi connectivity index (χ2v) is 12.5. The molecule has 2 bridgehead atoms. The lowest BCUT2D eigenvalue weighted by molar-refractivity contribution is -0.153. The van der Waals surface area contributed by atoms with Gasteiger partial charge in [0, 0.05) is 49.4 Å². The summed E-state index contributed by atoms with van der Waals surface area (Å²) in [6.07, 6.45) is 6.46. The van der Waals surface area contributed by atoms with Gasteiger partial charge in [0.05, 0.1) is 23.2 Å². The molecule has 3 fully saturated rings. The number of rotatable bonds is 15. The minimum atomic E-state index is -0.653. The van der Waals surface area contributed by atoms with Gasteiger partial charge in [0.15, 0.2) is 0 Å². The van der Waals surface area contributed by atoms with E-state index in [1.165, 1.54) is 0 Å². The lowest BCUT2D eigenvalue weighted by atomic mass is 9.71. The summed E-state index contributed by atoms with van der Waals surface area (Å²) in [4.78, 5) is 47.6. The van der Waals surface area contributed by atoms with E-state index >= 15 is 0 Å². The number of fused-ring (bicyclic) bond motifs is 1. The predicted octanol–water partition coefficient (Wildman–Crippen LogP) is 4.26. The largest absolute Gasteiger partial charge is 0.466 e. The molecule has 1 aromatic carbocycles. The first-order chi connectivity index (χ1) is 19.4. The number of unbranched alkanes of at least 4 members (excludes halogenated alkanes) is 3. The van der Waals surface area contributed by atoms with E-state index in [9.17, 15) is 14.4 Å². The molecule has 0 radical (unpaired) electrons. The molecule has 0 saturated carbocycles. The molecule has 1 N–H and O–H groups in total. The molecular weight excluding hydrogens is 526 g/mol. The van der Waals surface area contributed by atoms with Gasteiger partial charge in [0.1, 0.15) is 6.04 Å². The van der Waals surface area contributed by atoms with Crippen molar-refractivity contribution in [2.24, 2.45) is 11.8 Å². The van der Waals surface area contributed by atoms with Crippen molar-refractivity contribution < 1.29 is 24.2 Å². The summed E-state index contributed by atoms with van der Waals surface area (Å²) in [5, 5.41) is 9.16. The first-order valence-corrected chi connectivity index (χ1v) is 15.8. The Balaban J connectivity index is 1.68. The number of likely N-dealkylation sites (tertiary alicyclic amines) is 1. The van der Waals surface area contributed by atoms with Crippen LogP contribution in [0.15, 0.2) is 36.9 Å². The third-order valence-electron chi connectivity index (χ3n) is 8.77. The zero-order valence-electron chi connectivity index (χ0n) is 24.2. The minimum Gasteiger partial charge on any atom is -0.466 e. The number of aliphatic hydroxyl groups excluding tert-OH is 1. The van der Waals surface area contributed by atoms with Crippen molar-refractivity contribution in [1.82, 2.24) is 4.90 Å². The van der Waals surface area contributed by atoms with E-state index in [0.29, 0.717) is 13.1 Å². The SMILES string of the molecule is C=CCN(C(=O)C1N(CCCCCCO)C(=O)[C@@H]2[C@H](C(=O)OCC)[C@@H]3CCC12S3)c1ccc(N(CC)CC)cc1. The molecule has 2 amide bonds. The highest BCUT2D eigenvalue weighted by molar-refractivity contribution is 8.02. The number of carbonyl (C=O) groups excluding carboxylic acids is 3. The first-order valence-electron chi connectivity index (χ1n) is 14.9. The number of amides is 2. The maximum atomic E-state index is 14.6. The van der Waals surface area contributed by atoms with E-state index in [1.54, 1.807) is 34.6 Å². The van der Waals surface area contributed by atoms with Crippen LogP contribution in [0.3, 0.4) is 0 Å². The van der Waals surface area contributed by atoms with Crippen molar-refractivity contribution in [1.29, 1.82) is 0 Å². The van der Waals surface area contributed by atoms with Crippen molar-refractivity contribution >= 4 is 40.9 Å². The van der Waals surface area contributed by atoms with Crippen molar-refractivity contribution in [3.05, 3.63) is 36.9 Å². The summed E-state index contributed by atoms with van der Waals surface area (Å²) in [7, 11) is 0. The van der Waals surface area contributed by atoms with Crippen LogP contribution in [0.4, 0.5) is 11.4 Å². The van der Waals surface area contributed by atoms with Gasteiger partial charge >= 0.3 is 5.97 Å². The summed E-state index contributed by atoms with van der Waals surface area (Å²) in [5.41, 5.74) is 1.87. The number of hydrogen-bond acceptors (Lipinski definition) is 7. The van der Waals surface area contributed by atoms with Crippen LogP contribution in [-0.2, 0) is 19.1 Å². The van der Waals surface area contributed by atoms with Crippen molar-refractivity contribution in [3.63, 3.8) is 0 Å². The molecule has 1 spiro atoms. The average Bonchev–Trinajstić information content (AvgIpc) is 3.60. The van der Waals surface area contributed by atoms with Gasteiger partial charge in [-0.25, -0.2) is 0 Å². The quantitative estimate of drug-likeness (QED) is 0.191. The fraction of sp³-hybridized carbons (Fsp3) is 0.645. The standard InChI is InChI=1S/C31H45N3O5S/c1-5-19-33(23-15-13-22(14-16-23)32(6-2)7-3)29(37)27-31-18-17-24(40-31)25(30(38)39-8-4)26(31)28(36)34(27)20-11-9-10-12-21-35/h5,13-16,24-27,35H,1,6-12,17-21H2,2-4H3/t24-,25+,26-,27?,31?/m0/s1. The van der Waals surface area contributed by atoms with Crippen LogP contribution in [0.2, 0.25) is 0 Å². The van der Waals surface area contributed by atoms with Gasteiger partial charge in [-0.3, -0.25) is 14.4 Å². The van der Waals surface area contributed by atoms with Crippen LogP contribution >= 0.6 is 11.8 Å². The maximum Gasteiger partial charge on any atom is 0.310 e. The Labute approximate surface area is 243 Å². The second-order valence-electron chi connectivity index (χ2n) is 10.9. The zero-order chi connectivity index (χ0) is 28.9. The van der Waals surface area contributed by atoms with Crippen LogP contribution in [0.25, 0.3) is 0 Å². The predicted molar refractivity (Wildman–Crippen MR) is 161 cm³/mol. The molecule has 0 aliphatic carbocycles. The highest BCUT2D eigenvalue weighted by atomic mass is 32.2. The summed E-state index contributed by atoms with van der Waals surface area (Å²) in [5.74, 6) is -1.58. The first kappa shape index (κ1) is 30.4. The molecule has 3 aliphatic heterocycles. The number of aliphatic hydroxyl groups is 1. The number of thioether (sulfide) groups is 1. The van der Waals surface area contributed by atoms with Gasteiger partial charge < -0.3 is 24.5 Å². The van der Waals surface area contributed by atoms with Crippen LogP contribution < -0.4 is 9.80 Å². The van der Waals surface area contributed by atoms with Gasteiger partial charge in [-0.1, -0.05) is 18.9 Å². The number of anilines is 2. The molecule has 3 saturated heterocycles. The Hall–Kier alpha value is -2.52. The molecule has 2 unspecified atom stereocenters. The lowest BCUT2D eigenvalue weighted by Crippen LogP contribution is -2.55. The molecule has 4 rings (SSSR count). The summed E-state index contributed by atoms with van der Waals surface area (Å²) >= 11 is 1.67. The smallest absolute Gasteiger partial charge is 0.310 e. The van der Waals surface area contributed by atoms with Gasteiger partial charge in [-0.15, -0.1) is 18.3 Å². The number of benzene rings is 1. The normalized spacial score (nSPS) is 26.6. The van der Waals surface area contributed by atoms with Crippen molar-refractivity contribution in [2.75, 3.05) is 49.2 Å². The van der Waals surface area contributed by atoms with Crippen LogP contribution in [0.1, 0.15) is 59.3 Å². The van der Waals surface area contributed by atoms with Gasteiger partial charge in [-0.05, 0) is 70.7 Å². The molecule has 8 nitrogen and oxygen atoms in total. The molecule has 1 aromatic rings. The van der Waals surface area contributed by atoms with Crippen molar-refractivity contribution in [2.45, 2.75) is 75.3 Å². The third kappa shape index (κ3) is 5.51. The Morgan fingerprint density at radius 1 is 1.12 bits per heavy atom. The maximum absolute atomic E-state index is 14.6. The number of esters is 1. The Morgan fingerprint density at radius 2 is 1.80 bits per heavy atom. The van der Waals surface area contributed by atoms with Gasteiger partial charge in [-0.2, -0.15) is 0 Å². The lowest BCUT2D eigenvalue weighted by Gasteiger charge is -2.37. The van der Waals surface area contributed by atoms with E-state index in [0.717, 1.165) is 63.0 Å². The molecule has 220 valence electrons. The van der Waals surface area contributed by atoms with E-state index in [1.807, 2.05) is 24.3 Å². The highest BCUT2D eigenvalue weighted by Gasteiger charge is 2.74. The minimum absolute atomic E-state index is 0.00351. The van der Waals surface area contributed by atoms with E-state index in [-0.39, 0.29) is 36.2 Å². The molecule has 0 aromatic heterocycles. The third-order valence-corrected chi connectivity index (χ3v) is 10.7. The van der Waals surface area contributed by atoms with E-state index in [2.05, 4.69) is 25.3 Å². The molecule has 9 heteroatoms. The van der Waals surface area contributed by atoms with Crippen LogP contribution in [0.5, 0.6) is 0 Å². The van der Waals surface area contributed by atoms with Crippen LogP contribution in [-0.4, -0.2) is 83.2 Å². The molecular formula is C31H45N3O5S. The molecule has 3 aliphatic rings. The number of hydrogen-bond donors (Lipinski definition) is 1. The number of ether oxygens (including phenoxy) is 1. The monoisotopic (exact) mass is 571 g/mol. The Kier molecular flexibility index (Phi) is 10.2. The molecule has 40 heavy (non-hydrogen) atoms. The molecule has 5 atom stereocenters. The van der Waals surface area contributed by atoms with Gasteiger partial charge in [0.25, 0.3) is 5.91 Å².